The number of aromatic nitrogens is 2. The van der Waals surface area contributed by atoms with Gasteiger partial charge in [-0.15, -0.1) is 0 Å². The third-order valence-electron chi connectivity index (χ3n) is 1.93. The Morgan fingerprint density at radius 1 is 1.43 bits per heavy atom. The van der Waals surface area contributed by atoms with Gasteiger partial charge in [0.2, 0.25) is 5.13 Å². The Bertz CT molecular complexity index is 272. The van der Waals surface area contributed by atoms with Crippen LogP contribution in [0, 0.1) is 0 Å². The topological polar surface area (TPSA) is 63.8 Å². The van der Waals surface area contributed by atoms with E-state index in [2.05, 4.69) is 35.4 Å². The molecule has 0 aliphatic carbocycles. The molecule has 14 heavy (non-hydrogen) atoms. The number of nitrogens with two attached hydrogens (primary N) is 1. The van der Waals surface area contributed by atoms with E-state index in [0.29, 0.717) is 18.5 Å². The van der Waals surface area contributed by atoms with Crippen molar-refractivity contribution in [3.8, 4) is 0 Å². The van der Waals surface area contributed by atoms with Crippen LogP contribution in [0.5, 0.6) is 0 Å². The highest BCUT2D eigenvalue weighted by molar-refractivity contribution is 7.09. The Morgan fingerprint density at radius 3 is 2.64 bits per heavy atom. The number of hydrogen-bond donors (Lipinski definition) is 2. The summed E-state index contributed by atoms with van der Waals surface area (Å²) in [5.74, 6) is 1.31. The van der Waals surface area contributed by atoms with Crippen molar-refractivity contribution in [3.63, 3.8) is 0 Å². The minimum atomic E-state index is 0.368. The molecule has 3 N–H and O–H groups in total. The van der Waals surface area contributed by atoms with Crippen LogP contribution in [0.2, 0.25) is 0 Å². The molecule has 0 aliphatic heterocycles. The zero-order chi connectivity index (χ0) is 10.6. The van der Waals surface area contributed by atoms with Crippen molar-refractivity contribution in [2.45, 2.75) is 39.2 Å². The van der Waals surface area contributed by atoms with E-state index in [-0.39, 0.29) is 0 Å². The molecule has 0 saturated heterocycles. The van der Waals surface area contributed by atoms with Crippen LogP contribution in [0.4, 0.5) is 5.13 Å². The maximum absolute atomic E-state index is 5.46. The summed E-state index contributed by atoms with van der Waals surface area (Å²) in [5.41, 5.74) is 5.46. The maximum Gasteiger partial charge on any atom is 0.202 e. The van der Waals surface area contributed by atoms with Crippen molar-refractivity contribution in [3.05, 3.63) is 5.82 Å². The van der Waals surface area contributed by atoms with Gasteiger partial charge >= 0.3 is 0 Å². The lowest BCUT2D eigenvalue weighted by molar-refractivity contribution is 0.713. The monoisotopic (exact) mass is 214 g/mol. The first-order chi connectivity index (χ1) is 6.63. The van der Waals surface area contributed by atoms with Crippen LogP contribution in [0.15, 0.2) is 0 Å². The molecule has 0 aliphatic rings. The Labute approximate surface area is 89.1 Å². The average Bonchev–Trinajstić information content (AvgIpc) is 2.53. The third kappa shape index (κ3) is 3.23. The number of nitrogens with zero attached hydrogens (tertiary/aromatic N) is 2. The molecule has 1 atom stereocenters. The molecule has 5 heteroatoms. The van der Waals surface area contributed by atoms with Gasteiger partial charge in [-0.05, 0) is 19.9 Å². The zero-order valence-corrected chi connectivity index (χ0v) is 9.77. The van der Waals surface area contributed by atoms with Crippen LogP contribution in [0.3, 0.4) is 0 Å². The van der Waals surface area contributed by atoms with E-state index < -0.39 is 0 Å². The number of rotatable bonds is 5. The quantitative estimate of drug-likeness (QED) is 0.784. The minimum absolute atomic E-state index is 0.368. The van der Waals surface area contributed by atoms with Gasteiger partial charge in [-0.2, -0.15) is 4.37 Å². The molecular formula is C9H18N4S. The van der Waals surface area contributed by atoms with Gasteiger partial charge in [0.05, 0.1) is 0 Å². The molecule has 1 rings (SSSR count). The highest BCUT2D eigenvalue weighted by Gasteiger charge is 2.09. The summed E-state index contributed by atoms with van der Waals surface area (Å²) in [6.07, 6.45) is 0.955. The lowest BCUT2D eigenvalue weighted by Gasteiger charge is -2.10. The largest absolute Gasteiger partial charge is 0.358 e. The number of hydrogen-bond acceptors (Lipinski definition) is 5. The second-order valence-electron chi connectivity index (χ2n) is 3.74. The molecule has 1 heterocycles. The molecule has 0 aromatic carbocycles. The van der Waals surface area contributed by atoms with Crippen LogP contribution < -0.4 is 11.1 Å². The molecular weight excluding hydrogens is 196 g/mol. The zero-order valence-electron chi connectivity index (χ0n) is 8.95. The van der Waals surface area contributed by atoms with Gasteiger partial charge in [0.25, 0.3) is 0 Å². The second kappa shape index (κ2) is 5.26. The van der Waals surface area contributed by atoms with Crippen molar-refractivity contribution < 1.29 is 0 Å². The first kappa shape index (κ1) is 11.4. The molecule has 1 aromatic heterocycles. The van der Waals surface area contributed by atoms with Gasteiger partial charge in [-0.3, -0.25) is 0 Å². The van der Waals surface area contributed by atoms with E-state index >= 15 is 0 Å². The predicted molar refractivity (Wildman–Crippen MR) is 60.8 cm³/mol. The summed E-state index contributed by atoms with van der Waals surface area (Å²) in [6.45, 7) is 6.98. The summed E-state index contributed by atoms with van der Waals surface area (Å²) in [4.78, 5) is 4.39. The van der Waals surface area contributed by atoms with Crippen LogP contribution in [0.1, 0.15) is 38.9 Å². The van der Waals surface area contributed by atoms with Gasteiger partial charge in [-0.1, -0.05) is 13.8 Å². The van der Waals surface area contributed by atoms with Crippen molar-refractivity contribution in [1.82, 2.24) is 9.36 Å². The molecule has 0 radical (unpaired) electrons. The Hall–Kier alpha value is -0.680. The van der Waals surface area contributed by atoms with Crippen molar-refractivity contribution >= 4 is 16.7 Å². The average molecular weight is 214 g/mol. The molecule has 4 nitrogen and oxygen atoms in total. The molecule has 80 valence electrons. The normalized spacial score (nSPS) is 13.2. The Balaban J connectivity index is 2.51. The summed E-state index contributed by atoms with van der Waals surface area (Å²) in [7, 11) is 0. The van der Waals surface area contributed by atoms with E-state index in [0.717, 1.165) is 17.4 Å². The predicted octanol–water partition coefficient (Wildman–Crippen LogP) is 1.81. The molecule has 1 unspecified atom stereocenters. The molecule has 0 bridgehead atoms. The molecule has 0 fully saturated rings. The van der Waals surface area contributed by atoms with Crippen molar-refractivity contribution in [1.29, 1.82) is 0 Å². The number of anilines is 1. The molecule has 0 spiro atoms. The Kier molecular flexibility index (Phi) is 4.28. The SMILES string of the molecule is CC(CCN)Nc1nc(C(C)C)ns1. The van der Waals surface area contributed by atoms with Crippen molar-refractivity contribution in [2.24, 2.45) is 5.73 Å². The Morgan fingerprint density at radius 2 is 2.14 bits per heavy atom. The maximum atomic E-state index is 5.46. The fourth-order valence-electron chi connectivity index (χ4n) is 1.06. The fourth-order valence-corrected chi connectivity index (χ4v) is 1.88. The standard InChI is InChI=1S/C9H18N4S/c1-6(2)8-12-9(14-13-8)11-7(3)4-5-10/h6-7H,4-5,10H2,1-3H3,(H,11,12,13). The van der Waals surface area contributed by atoms with Crippen molar-refractivity contribution in [2.75, 3.05) is 11.9 Å². The van der Waals surface area contributed by atoms with Gasteiger partial charge in [0.15, 0.2) is 0 Å². The van der Waals surface area contributed by atoms with E-state index in [1.54, 1.807) is 0 Å². The summed E-state index contributed by atoms with van der Waals surface area (Å²) < 4.78 is 4.27. The van der Waals surface area contributed by atoms with Crippen LogP contribution >= 0.6 is 11.5 Å². The smallest absolute Gasteiger partial charge is 0.202 e. The first-order valence-electron chi connectivity index (χ1n) is 4.93. The number of nitrogens with one attached hydrogen (secondary N) is 1. The fraction of sp³-hybridized carbons (Fsp3) is 0.778. The summed E-state index contributed by atoms with van der Waals surface area (Å²) in [5, 5.41) is 4.18. The van der Waals surface area contributed by atoms with E-state index in [9.17, 15) is 0 Å². The van der Waals surface area contributed by atoms with E-state index in [1.807, 2.05) is 0 Å². The molecule has 0 amide bonds. The van der Waals surface area contributed by atoms with E-state index in [4.69, 9.17) is 5.73 Å². The summed E-state index contributed by atoms with van der Waals surface area (Å²) >= 11 is 1.42. The third-order valence-corrected chi connectivity index (χ3v) is 2.59. The lowest BCUT2D eigenvalue weighted by Crippen LogP contribution is -2.19. The van der Waals surface area contributed by atoms with Gasteiger partial charge in [-0.25, -0.2) is 4.98 Å². The van der Waals surface area contributed by atoms with Gasteiger partial charge < -0.3 is 11.1 Å². The molecule has 1 aromatic rings. The van der Waals surface area contributed by atoms with Gasteiger partial charge in [0.1, 0.15) is 5.82 Å². The highest BCUT2D eigenvalue weighted by atomic mass is 32.1. The summed E-state index contributed by atoms with van der Waals surface area (Å²) in [6, 6.07) is 0.368. The second-order valence-corrected chi connectivity index (χ2v) is 4.49. The molecule has 0 saturated carbocycles. The van der Waals surface area contributed by atoms with Crippen LogP contribution in [-0.2, 0) is 0 Å². The van der Waals surface area contributed by atoms with Crippen LogP contribution in [0.25, 0.3) is 0 Å². The van der Waals surface area contributed by atoms with Crippen LogP contribution in [-0.4, -0.2) is 21.9 Å². The van der Waals surface area contributed by atoms with Gasteiger partial charge in [0, 0.05) is 23.5 Å². The van der Waals surface area contributed by atoms with E-state index in [1.165, 1.54) is 11.5 Å². The lowest BCUT2D eigenvalue weighted by atomic mass is 10.2. The highest BCUT2D eigenvalue weighted by Crippen LogP contribution is 2.18. The first-order valence-corrected chi connectivity index (χ1v) is 5.71. The minimum Gasteiger partial charge on any atom is -0.358 e.